The van der Waals surface area contributed by atoms with Crippen molar-refractivity contribution >= 4 is 23.2 Å². The van der Waals surface area contributed by atoms with Crippen molar-refractivity contribution in [1.82, 2.24) is 10.2 Å². The number of ether oxygens (including phenoxy) is 1. The Bertz CT molecular complexity index is 723. The maximum Gasteiger partial charge on any atom is 0.254 e. The molecule has 0 spiro atoms. The summed E-state index contributed by atoms with van der Waals surface area (Å²) in [7, 11) is 0. The van der Waals surface area contributed by atoms with E-state index in [2.05, 4.69) is 49.6 Å². The lowest BCUT2D eigenvalue weighted by molar-refractivity contribution is -0.124. The van der Waals surface area contributed by atoms with Crippen molar-refractivity contribution in [2.75, 3.05) is 47.9 Å². The fraction of sp³-hybridized carbons (Fsp3) is 0.421. The van der Waals surface area contributed by atoms with Gasteiger partial charge < -0.3 is 19.9 Å². The molecule has 0 aliphatic carbocycles. The van der Waals surface area contributed by atoms with Gasteiger partial charge in [-0.1, -0.05) is 18.2 Å². The Morgan fingerprint density at radius 2 is 1.77 bits per heavy atom. The van der Waals surface area contributed by atoms with Crippen LogP contribution in [-0.4, -0.2) is 55.0 Å². The Morgan fingerprint density at radius 1 is 1.00 bits per heavy atom. The van der Waals surface area contributed by atoms with Gasteiger partial charge >= 0.3 is 0 Å². The lowest BCUT2D eigenvalue weighted by atomic mass is 10.2. The van der Waals surface area contributed by atoms with Crippen LogP contribution in [0.1, 0.15) is 12.8 Å². The zero-order chi connectivity index (χ0) is 17.8. The number of carbonyl (C=O) groups excluding carboxylic acids is 1. The minimum Gasteiger partial charge on any atom is -0.368 e. The van der Waals surface area contributed by atoms with Gasteiger partial charge in [-0.05, 0) is 37.1 Å². The summed E-state index contributed by atoms with van der Waals surface area (Å²) < 4.78 is 5.38. The third-order valence-electron chi connectivity index (χ3n) is 4.85. The minimum atomic E-state index is -0.359. The van der Waals surface area contributed by atoms with Gasteiger partial charge in [0.2, 0.25) is 0 Å². The van der Waals surface area contributed by atoms with E-state index in [0.29, 0.717) is 12.4 Å². The summed E-state index contributed by atoms with van der Waals surface area (Å²) in [5.74, 6) is 1.17. The highest BCUT2D eigenvalue weighted by Crippen LogP contribution is 2.19. The molecule has 1 amide bonds. The molecule has 4 rings (SSSR count). The summed E-state index contributed by atoms with van der Waals surface area (Å²) >= 11 is 0. The molecule has 2 aliphatic heterocycles. The smallest absolute Gasteiger partial charge is 0.254 e. The third kappa shape index (κ3) is 3.77. The van der Waals surface area contributed by atoms with Crippen molar-refractivity contribution in [2.45, 2.75) is 18.9 Å². The quantitative estimate of drug-likeness (QED) is 0.906. The molecule has 2 aliphatic rings. The standard InChI is InChI=1S/C19H23N5O2/c25-19(16-7-4-14-26-16)20-17-8-9-18(22-21-17)24-12-10-23(11-13-24)15-5-2-1-3-6-15/h1-3,5-6,8-9,16H,4,7,10-14H2,(H,20,21,25). The van der Waals surface area contributed by atoms with Crippen molar-refractivity contribution in [2.24, 2.45) is 0 Å². The fourth-order valence-corrected chi connectivity index (χ4v) is 3.38. The van der Waals surface area contributed by atoms with Crippen LogP contribution in [0.3, 0.4) is 0 Å². The Hall–Kier alpha value is -2.67. The summed E-state index contributed by atoms with van der Waals surface area (Å²) in [4.78, 5) is 16.6. The van der Waals surface area contributed by atoms with E-state index in [9.17, 15) is 4.79 Å². The molecule has 0 saturated carbocycles. The molecule has 2 saturated heterocycles. The van der Waals surface area contributed by atoms with Gasteiger partial charge in [0.1, 0.15) is 6.10 Å². The van der Waals surface area contributed by atoms with Crippen LogP contribution in [0.2, 0.25) is 0 Å². The summed E-state index contributed by atoms with van der Waals surface area (Å²) in [5.41, 5.74) is 1.26. The Labute approximate surface area is 153 Å². The maximum absolute atomic E-state index is 12.1. The normalized spacial score (nSPS) is 20.2. The highest BCUT2D eigenvalue weighted by atomic mass is 16.5. The van der Waals surface area contributed by atoms with Crippen LogP contribution >= 0.6 is 0 Å². The van der Waals surface area contributed by atoms with Crippen LogP contribution < -0.4 is 15.1 Å². The highest BCUT2D eigenvalue weighted by Gasteiger charge is 2.24. The molecule has 1 N–H and O–H groups in total. The van der Waals surface area contributed by atoms with Gasteiger partial charge in [0.15, 0.2) is 11.6 Å². The fourth-order valence-electron chi connectivity index (χ4n) is 3.38. The molecule has 7 heteroatoms. The zero-order valence-corrected chi connectivity index (χ0v) is 14.7. The van der Waals surface area contributed by atoms with Crippen molar-refractivity contribution in [3.8, 4) is 0 Å². The van der Waals surface area contributed by atoms with Gasteiger partial charge in [-0.25, -0.2) is 0 Å². The summed E-state index contributed by atoms with van der Waals surface area (Å²) in [5, 5.41) is 11.2. The van der Waals surface area contributed by atoms with Gasteiger partial charge in [0.25, 0.3) is 5.91 Å². The Kier molecular flexibility index (Phi) is 4.97. The molecule has 7 nitrogen and oxygen atoms in total. The SMILES string of the molecule is O=C(Nc1ccc(N2CCN(c3ccccc3)CC2)nn1)C1CCCO1. The van der Waals surface area contributed by atoms with Crippen molar-refractivity contribution in [1.29, 1.82) is 0 Å². The largest absolute Gasteiger partial charge is 0.368 e. The lowest BCUT2D eigenvalue weighted by Gasteiger charge is -2.36. The number of rotatable bonds is 4. The zero-order valence-electron chi connectivity index (χ0n) is 14.7. The molecular formula is C19H23N5O2. The van der Waals surface area contributed by atoms with Crippen molar-refractivity contribution in [3.63, 3.8) is 0 Å². The van der Waals surface area contributed by atoms with E-state index in [1.165, 1.54) is 5.69 Å². The van der Waals surface area contributed by atoms with E-state index in [0.717, 1.165) is 44.8 Å². The third-order valence-corrected chi connectivity index (χ3v) is 4.85. The molecule has 2 fully saturated rings. The van der Waals surface area contributed by atoms with Crippen LogP contribution in [0.5, 0.6) is 0 Å². The number of benzene rings is 1. The molecule has 1 aromatic carbocycles. The maximum atomic E-state index is 12.1. The molecule has 0 radical (unpaired) electrons. The molecule has 2 aromatic rings. The number of carbonyl (C=O) groups is 1. The number of hydrogen-bond acceptors (Lipinski definition) is 6. The molecule has 1 atom stereocenters. The van der Waals surface area contributed by atoms with E-state index in [-0.39, 0.29) is 12.0 Å². The number of hydrogen-bond donors (Lipinski definition) is 1. The first kappa shape index (κ1) is 16.8. The average molecular weight is 353 g/mol. The predicted molar refractivity (Wildman–Crippen MR) is 101 cm³/mol. The average Bonchev–Trinajstić information content (AvgIpc) is 3.25. The Balaban J connectivity index is 1.32. The van der Waals surface area contributed by atoms with Crippen molar-refractivity contribution < 1.29 is 9.53 Å². The molecule has 26 heavy (non-hydrogen) atoms. The molecular weight excluding hydrogens is 330 g/mol. The molecule has 136 valence electrons. The van der Waals surface area contributed by atoms with Crippen molar-refractivity contribution in [3.05, 3.63) is 42.5 Å². The molecule has 1 aromatic heterocycles. The molecule has 3 heterocycles. The molecule has 0 bridgehead atoms. The number of para-hydroxylation sites is 1. The number of anilines is 3. The number of nitrogens with zero attached hydrogens (tertiary/aromatic N) is 4. The van der Waals surface area contributed by atoms with E-state index in [4.69, 9.17) is 4.74 Å². The van der Waals surface area contributed by atoms with Gasteiger partial charge in [-0.2, -0.15) is 0 Å². The highest BCUT2D eigenvalue weighted by molar-refractivity contribution is 5.93. The summed E-state index contributed by atoms with van der Waals surface area (Å²) in [6.45, 7) is 4.33. The predicted octanol–water partition coefficient (Wildman–Crippen LogP) is 1.92. The molecule has 1 unspecified atom stereocenters. The topological polar surface area (TPSA) is 70.6 Å². The first-order valence-corrected chi connectivity index (χ1v) is 9.11. The second kappa shape index (κ2) is 7.70. The summed E-state index contributed by atoms with van der Waals surface area (Å²) in [6, 6.07) is 14.2. The van der Waals surface area contributed by atoms with Crippen LogP contribution in [0.4, 0.5) is 17.3 Å². The lowest BCUT2D eigenvalue weighted by Crippen LogP contribution is -2.46. The number of amides is 1. The van der Waals surface area contributed by atoms with Gasteiger partial charge in [-0.15, -0.1) is 10.2 Å². The first-order valence-electron chi connectivity index (χ1n) is 9.11. The van der Waals surface area contributed by atoms with Gasteiger partial charge in [0, 0.05) is 38.5 Å². The van der Waals surface area contributed by atoms with Crippen LogP contribution in [0.15, 0.2) is 42.5 Å². The second-order valence-corrected chi connectivity index (χ2v) is 6.58. The minimum absolute atomic E-state index is 0.138. The van der Waals surface area contributed by atoms with Crippen LogP contribution in [0.25, 0.3) is 0 Å². The van der Waals surface area contributed by atoms with E-state index in [1.54, 1.807) is 6.07 Å². The Morgan fingerprint density at radius 3 is 2.42 bits per heavy atom. The number of aromatic nitrogens is 2. The van der Waals surface area contributed by atoms with Gasteiger partial charge in [-0.3, -0.25) is 4.79 Å². The first-order chi connectivity index (χ1) is 12.8. The monoisotopic (exact) mass is 353 g/mol. The second-order valence-electron chi connectivity index (χ2n) is 6.58. The van der Waals surface area contributed by atoms with Crippen LogP contribution in [-0.2, 0) is 9.53 Å². The van der Waals surface area contributed by atoms with Gasteiger partial charge in [0.05, 0.1) is 0 Å². The van der Waals surface area contributed by atoms with E-state index in [1.807, 2.05) is 12.1 Å². The summed E-state index contributed by atoms with van der Waals surface area (Å²) in [6.07, 6.45) is 1.34. The van der Waals surface area contributed by atoms with E-state index < -0.39 is 0 Å². The number of piperazine rings is 1. The number of nitrogens with one attached hydrogen (secondary N) is 1. The van der Waals surface area contributed by atoms with E-state index >= 15 is 0 Å². The van der Waals surface area contributed by atoms with Crippen LogP contribution in [0, 0.1) is 0 Å².